The smallest absolute Gasteiger partial charge is 0.317 e. The van der Waals surface area contributed by atoms with Crippen LogP contribution in [0.3, 0.4) is 0 Å². The van der Waals surface area contributed by atoms with Crippen LogP contribution < -0.4 is 5.32 Å². The minimum Gasteiger partial charge on any atom is -0.481 e. The van der Waals surface area contributed by atoms with Crippen molar-refractivity contribution in [1.29, 1.82) is 5.41 Å². The highest BCUT2D eigenvalue weighted by molar-refractivity contribution is 6.02. The maximum atomic E-state index is 10.5. The lowest BCUT2D eigenvalue weighted by atomic mass is 10.4. The number of hydrogen-bond donors (Lipinski definition) is 6. The number of likely N-dealkylation sites (N-methyl/N-ethyl adjacent to an activating group) is 1. The average Bonchev–Trinajstić information content (AvgIpc) is 2.73. The normalized spacial score (nSPS) is 13.9. The third kappa shape index (κ3) is 14.5. The van der Waals surface area contributed by atoms with Gasteiger partial charge in [-0.05, 0) is 6.92 Å². The quantitative estimate of drug-likeness (QED) is 0.230. The first-order valence-corrected chi connectivity index (χ1v) is 6.54. The Labute approximate surface area is 133 Å². The van der Waals surface area contributed by atoms with E-state index in [1.165, 1.54) is 0 Å². The maximum Gasteiger partial charge on any atom is 0.317 e. The highest BCUT2D eigenvalue weighted by atomic mass is 16.5. The van der Waals surface area contributed by atoms with Crippen LogP contribution in [0, 0.1) is 5.41 Å². The molecule has 1 aliphatic heterocycles. The predicted molar refractivity (Wildman–Crippen MR) is 77.6 cm³/mol. The second-order valence-electron chi connectivity index (χ2n) is 4.16. The SMILES string of the molecule is CCO.CN1CC(=O)NC1=N.O=C(O)CC(=O)OCC(O)CO. The number of aliphatic hydroxyl groups is 3. The Balaban J connectivity index is 0. The summed E-state index contributed by atoms with van der Waals surface area (Å²) in [5.74, 6) is -2.14. The van der Waals surface area contributed by atoms with E-state index in [2.05, 4.69) is 10.1 Å². The lowest BCUT2D eigenvalue weighted by Crippen LogP contribution is -2.25. The fraction of sp³-hybridized carbons (Fsp3) is 0.667. The molecule has 1 aliphatic rings. The Morgan fingerprint density at radius 3 is 2.22 bits per heavy atom. The number of carboxylic acid groups (broad SMARTS) is 1. The van der Waals surface area contributed by atoms with Crippen LogP contribution in [0.25, 0.3) is 0 Å². The minimum atomic E-state index is -1.29. The number of rotatable bonds is 5. The summed E-state index contributed by atoms with van der Waals surface area (Å²) in [6.07, 6.45) is -1.89. The molecule has 134 valence electrons. The molecule has 1 fully saturated rings. The molecule has 1 heterocycles. The van der Waals surface area contributed by atoms with Crippen LogP contribution in [0.2, 0.25) is 0 Å². The van der Waals surface area contributed by atoms with Crippen molar-refractivity contribution in [3.63, 3.8) is 0 Å². The molecular formula is C12H23N3O8. The molecule has 0 aromatic heterocycles. The van der Waals surface area contributed by atoms with E-state index in [1.54, 1.807) is 18.9 Å². The second kappa shape index (κ2) is 13.4. The number of nitrogens with one attached hydrogen (secondary N) is 2. The van der Waals surface area contributed by atoms with E-state index in [1.807, 2.05) is 0 Å². The summed E-state index contributed by atoms with van der Waals surface area (Å²) in [5.41, 5.74) is 0. The number of carboxylic acids is 1. The first kappa shape index (κ1) is 23.0. The number of guanidine groups is 1. The molecule has 1 atom stereocenters. The molecule has 0 aliphatic carbocycles. The van der Waals surface area contributed by atoms with Gasteiger partial charge >= 0.3 is 11.9 Å². The Morgan fingerprint density at radius 2 is 1.96 bits per heavy atom. The van der Waals surface area contributed by atoms with E-state index in [4.69, 9.17) is 25.8 Å². The van der Waals surface area contributed by atoms with Crippen molar-refractivity contribution in [2.45, 2.75) is 19.4 Å². The number of amides is 1. The van der Waals surface area contributed by atoms with E-state index < -0.39 is 31.1 Å². The molecule has 1 amide bonds. The number of ether oxygens (including phenoxy) is 1. The van der Waals surface area contributed by atoms with E-state index in [-0.39, 0.29) is 25.1 Å². The van der Waals surface area contributed by atoms with Crippen LogP contribution in [0.5, 0.6) is 0 Å². The van der Waals surface area contributed by atoms with Gasteiger partial charge < -0.3 is 30.1 Å². The van der Waals surface area contributed by atoms with Crippen LogP contribution in [-0.4, -0.2) is 88.6 Å². The van der Waals surface area contributed by atoms with Gasteiger partial charge in [-0.3, -0.25) is 25.1 Å². The first-order valence-electron chi connectivity index (χ1n) is 6.54. The fourth-order valence-corrected chi connectivity index (χ4v) is 0.978. The van der Waals surface area contributed by atoms with Crippen molar-refractivity contribution in [3.8, 4) is 0 Å². The van der Waals surface area contributed by atoms with E-state index >= 15 is 0 Å². The van der Waals surface area contributed by atoms with Gasteiger partial charge in [0, 0.05) is 13.7 Å². The van der Waals surface area contributed by atoms with Gasteiger partial charge in [-0.1, -0.05) is 0 Å². The van der Waals surface area contributed by atoms with Crippen LogP contribution in [-0.2, 0) is 19.1 Å². The molecule has 0 bridgehead atoms. The third-order valence-electron chi connectivity index (χ3n) is 1.96. The van der Waals surface area contributed by atoms with Gasteiger partial charge in [0.25, 0.3) is 0 Å². The summed E-state index contributed by atoms with van der Waals surface area (Å²) in [7, 11) is 1.69. The molecule has 6 N–H and O–H groups in total. The lowest BCUT2D eigenvalue weighted by Gasteiger charge is -2.06. The van der Waals surface area contributed by atoms with Gasteiger partial charge in [-0.2, -0.15) is 0 Å². The molecule has 0 radical (unpaired) electrons. The van der Waals surface area contributed by atoms with E-state index in [0.717, 1.165) is 0 Å². The number of carbonyl (C=O) groups is 3. The maximum absolute atomic E-state index is 10.5. The number of carbonyl (C=O) groups excluding carboxylic acids is 2. The summed E-state index contributed by atoms with van der Waals surface area (Å²) < 4.78 is 4.28. The van der Waals surface area contributed by atoms with E-state index in [9.17, 15) is 14.4 Å². The fourth-order valence-electron chi connectivity index (χ4n) is 0.978. The summed E-state index contributed by atoms with van der Waals surface area (Å²) >= 11 is 0. The van der Waals surface area contributed by atoms with Crippen molar-refractivity contribution in [1.82, 2.24) is 10.2 Å². The highest BCUT2D eigenvalue weighted by Gasteiger charge is 2.18. The largest absolute Gasteiger partial charge is 0.481 e. The molecule has 0 saturated carbocycles. The average molecular weight is 337 g/mol. The summed E-state index contributed by atoms with van der Waals surface area (Å²) in [6, 6.07) is 0. The molecule has 1 rings (SSSR count). The zero-order valence-corrected chi connectivity index (χ0v) is 13.0. The number of hydrogen-bond acceptors (Lipinski definition) is 8. The van der Waals surface area contributed by atoms with Gasteiger partial charge in [-0.15, -0.1) is 0 Å². The van der Waals surface area contributed by atoms with Crippen LogP contribution in [0.15, 0.2) is 0 Å². The van der Waals surface area contributed by atoms with Gasteiger partial charge in [0.1, 0.15) is 19.1 Å². The monoisotopic (exact) mass is 337 g/mol. The zero-order valence-electron chi connectivity index (χ0n) is 13.0. The van der Waals surface area contributed by atoms with Crippen molar-refractivity contribution in [2.75, 3.05) is 33.4 Å². The van der Waals surface area contributed by atoms with Crippen molar-refractivity contribution in [2.24, 2.45) is 0 Å². The second-order valence-corrected chi connectivity index (χ2v) is 4.16. The van der Waals surface area contributed by atoms with Gasteiger partial charge in [-0.25, -0.2) is 0 Å². The van der Waals surface area contributed by atoms with Crippen LogP contribution >= 0.6 is 0 Å². The molecule has 1 saturated heterocycles. The molecule has 1 unspecified atom stereocenters. The van der Waals surface area contributed by atoms with Gasteiger partial charge in [0.15, 0.2) is 5.96 Å². The Kier molecular flexibility index (Phi) is 13.4. The van der Waals surface area contributed by atoms with Gasteiger partial charge in [0.05, 0.1) is 13.2 Å². The Hall–Kier alpha value is -2.24. The van der Waals surface area contributed by atoms with Crippen LogP contribution in [0.1, 0.15) is 13.3 Å². The minimum absolute atomic E-state index is 0.0995. The lowest BCUT2D eigenvalue weighted by molar-refractivity contribution is -0.153. The Bertz CT molecular complexity index is 402. The summed E-state index contributed by atoms with van der Waals surface area (Å²) in [4.78, 5) is 32.3. The number of esters is 1. The molecule has 0 aromatic carbocycles. The number of aliphatic hydroxyl groups excluding tert-OH is 3. The molecule has 11 nitrogen and oxygen atoms in total. The molecular weight excluding hydrogens is 314 g/mol. The molecule has 0 spiro atoms. The van der Waals surface area contributed by atoms with Crippen molar-refractivity contribution >= 4 is 23.8 Å². The van der Waals surface area contributed by atoms with Crippen molar-refractivity contribution < 1.29 is 39.5 Å². The highest BCUT2D eigenvalue weighted by Crippen LogP contribution is 1.90. The van der Waals surface area contributed by atoms with Crippen LogP contribution in [0.4, 0.5) is 0 Å². The number of aliphatic carboxylic acids is 1. The third-order valence-corrected chi connectivity index (χ3v) is 1.96. The predicted octanol–water partition coefficient (Wildman–Crippen LogP) is -2.66. The van der Waals surface area contributed by atoms with Crippen molar-refractivity contribution in [3.05, 3.63) is 0 Å². The summed E-state index contributed by atoms with van der Waals surface area (Å²) in [6.45, 7) is 1.34. The zero-order chi connectivity index (χ0) is 18.4. The first-order chi connectivity index (χ1) is 10.7. The van der Waals surface area contributed by atoms with Gasteiger partial charge in [0.2, 0.25) is 5.91 Å². The molecule has 23 heavy (non-hydrogen) atoms. The number of nitrogens with zero attached hydrogens (tertiary/aromatic N) is 1. The standard InChI is InChI=1S/C6H10O6.C4H7N3O.C2H6O/c7-2-4(8)3-12-6(11)1-5(9)10;1-7-2-3(8)6-4(7)5;1-2-3/h4,7-8H,1-3H2,(H,9,10);2H2,1H3,(H2,5,6,8);3H,2H2,1H3. The Morgan fingerprint density at radius 1 is 1.43 bits per heavy atom. The molecule has 0 aromatic rings. The topological polar surface area (TPSA) is 180 Å². The summed E-state index contributed by atoms with van der Waals surface area (Å²) in [5, 5.41) is 41.9. The molecule has 11 heteroatoms. The van der Waals surface area contributed by atoms with E-state index in [0.29, 0.717) is 6.54 Å².